The van der Waals surface area contributed by atoms with Crippen LogP contribution in [-0.2, 0) is 36.6 Å². The third-order valence-corrected chi connectivity index (χ3v) is 8.47. The van der Waals surface area contributed by atoms with E-state index < -0.39 is 29.0 Å². The summed E-state index contributed by atoms with van der Waals surface area (Å²) in [5.74, 6) is -0.732. The van der Waals surface area contributed by atoms with Crippen molar-refractivity contribution in [2.45, 2.75) is 25.7 Å². The Kier molecular flexibility index (Phi) is 10.2. The fraction of sp³-hybridized carbons (Fsp3) is 0.286. The van der Waals surface area contributed by atoms with E-state index in [1.54, 1.807) is 36.4 Å². The van der Waals surface area contributed by atoms with Crippen molar-refractivity contribution in [1.82, 2.24) is 5.32 Å². The summed E-state index contributed by atoms with van der Waals surface area (Å²) in [6.07, 6.45) is -1.18. The minimum absolute atomic E-state index is 0.00404. The van der Waals surface area contributed by atoms with E-state index >= 15 is 0 Å². The van der Waals surface area contributed by atoms with Crippen LogP contribution in [0, 0.1) is 0 Å². The zero-order chi connectivity index (χ0) is 22.7. The maximum Gasteiger partial charge on any atom is 0.408 e. The van der Waals surface area contributed by atoms with Gasteiger partial charge in [0.2, 0.25) is 0 Å². The zero-order valence-electron chi connectivity index (χ0n) is 16.9. The normalized spacial score (nSPS) is 13.5. The summed E-state index contributed by atoms with van der Waals surface area (Å²) in [6, 6.07) is 16.9. The number of alkyl carbamates (subject to hydrolysis) is 1. The van der Waals surface area contributed by atoms with Crippen LogP contribution in [-0.4, -0.2) is 34.9 Å². The van der Waals surface area contributed by atoms with Gasteiger partial charge in [-0.25, -0.2) is 9.59 Å². The van der Waals surface area contributed by atoms with Gasteiger partial charge in [0.1, 0.15) is 19.3 Å². The number of hydrogen-bond acceptors (Lipinski definition) is 7. The summed E-state index contributed by atoms with van der Waals surface area (Å²) < 4.78 is 27.2. The van der Waals surface area contributed by atoms with Crippen molar-refractivity contribution in [3.8, 4) is 0 Å². The van der Waals surface area contributed by atoms with Crippen molar-refractivity contribution in [1.29, 1.82) is 0 Å². The second-order valence-electron chi connectivity index (χ2n) is 6.47. The molecule has 0 aliphatic heterocycles. The lowest BCUT2D eigenvalue weighted by Gasteiger charge is -2.19. The third kappa shape index (κ3) is 8.43. The molecule has 0 bridgehead atoms. The topological polar surface area (TPSA) is 108 Å². The number of carbonyl (C=O) groups is 3. The van der Waals surface area contributed by atoms with Gasteiger partial charge in [0, 0.05) is 35.9 Å². The Labute approximate surface area is 194 Å². The molecular formula is C21H23INO7P. The van der Waals surface area contributed by atoms with E-state index in [1.165, 1.54) is 29.7 Å². The number of rotatable bonds is 11. The Hall–Kier alpha value is -2.23. The smallest absolute Gasteiger partial charge is 0.408 e. The number of amides is 1. The van der Waals surface area contributed by atoms with Crippen LogP contribution in [0.3, 0.4) is 0 Å². The number of carbonyl (C=O) groups excluding carboxylic acids is 3. The maximum atomic E-state index is 12.6. The van der Waals surface area contributed by atoms with Crippen molar-refractivity contribution in [2.75, 3.05) is 13.3 Å². The molecule has 0 radical (unpaired) electrons. The second kappa shape index (κ2) is 12.6. The first kappa shape index (κ1) is 25.0. The highest BCUT2D eigenvalue weighted by Gasteiger charge is 2.33. The monoisotopic (exact) mass is 559 g/mol. The van der Waals surface area contributed by atoms with Crippen LogP contribution >= 0.6 is 30.0 Å². The fourth-order valence-electron chi connectivity index (χ4n) is 2.54. The lowest BCUT2D eigenvalue weighted by molar-refractivity contribution is -0.147. The lowest BCUT2D eigenvalue weighted by Crippen LogP contribution is -2.42. The SMILES string of the molecule is COP(=O)(CC[C@H](NC(=O)OCc1ccccc1)C(=O)OCc1ccccc1)C(=O)I. The molecule has 0 spiro atoms. The Balaban J connectivity index is 2.01. The Bertz CT molecular complexity index is 924. The van der Waals surface area contributed by atoms with Crippen molar-refractivity contribution < 1.29 is 32.9 Å². The number of esters is 1. The zero-order valence-corrected chi connectivity index (χ0v) is 19.9. The van der Waals surface area contributed by atoms with Gasteiger partial charge in [0.05, 0.1) is 0 Å². The summed E-state index contributed by atoms with van der Waals surface area (Å²) >= 11 is 1.40. The molecule has 166 valence electrons. The first-order valence-electron chi connectivity index (χ1n) is 9.36. The van der Waals surface area contributed by atoms with Crippen molar-refractivity contribution in [2.24, 2.45) is 0 Å². The molecule has 8 nitrogen and oxygen atoms in total. The third-order valence-electron chi connectivity index (χ3n) is 4.29. The molecule has 10 heteroatoms. The molecule has 31 heavy (non-hydrogen) atoms. The molecule has 0 aromatic heterocycles. The number of benzene rings is 2. The van der Waals surface area contributed by atoms with Crippen LogP contribution in [0.1, 0.15) is 17.5 Å². The number of hydrogen-bond donors (Lipinski definition) is 1. The van der Waals surface area contributed by atoms with Crippen molar-refractivity contribution in [3.05, 3.63) is 71.8 Å². The molecule has 0 aliphatic carbocycles. The molecule has 0 fully saturated rings. The first-order valence-corrected chi connectivity index (χ1v) is 12.3. The highest BCUT2D eigenvalue weighted by Crippen LogP contribution is 2.50. The predicted octanol–water partition coefficient (Wildman–Crippen LogP) is 4.89. The molecule has 0 saturated carbocycles. The Morgan fingerprint density at radius 3 is 1.94 bits per heavy atom. The Morgan fingerprint density at radius 2 is 1.45 bits per heavy atom. The molecule has 2 aromatic carbocycles. The second-order valence-corrected chi connectivity index (χ2v) is 10.9. The summed E-state index contributed by atoms with van der Waals surface area (Å²) in [7, 11) is -2.43. The van der Waals surface area contributed by atoms with Gasteiger partial charge in [-0.2, -0.15) is 0 Å². The molecule has 1 unspecified atom stereocenters. The largest absolute Gasteiger partial charge is 0.459 e. The van der Waals surface area contributed by atoms with Crippen LogP contribution in [0.5, 0.6) is 0 Å². The summed E-state index contributed by atoms with van der Waals surface area (Å²) in [5, 5.41) is 2.43. The molecule has 2 atom stereocenters. The number of nitrogens with one attached hydrogen (secondary N) is 1. The van der Waals surface area contributed by atoms with Gasteiger partial charge in [-0.1, -0.05) is 60.7 Å². The molecule has 0 saturated heterocycles. The van der Waals surface area contributed by atoms with E-state index in [4.69, 9.17) is 14.0 Å². The van der Waals surface area contributed by atoms with E-state index in [2.05, 4.69) is 5.32 Å². The van der Waals surface area contributed by atoms with E-state index in [0.29, 0.717) is 0 Å². The van der Waals surface area contributed by atoms with Crippen molar-refractivity contribution >= 4 is 45.6 Å². The van der Waals surface area contributed by atoms with Gasteiger partial charge >= 0.3 is 12.1 Å². The van der Waals surface area contributed by atoms with E-state index in [1.807, 2.05) is 24.3 Å². The quantitative estimate of drug-likeness (QED) is 0.181. The fourth-order valence-corrected chi connectivity index (χ4v) is 4.95. The van der Waals surface area contributed by atoms with Gasteiger partial charge in [0.25, 0.3) is 10.9 Å². The van der Waals surface area contributed by atoms with Crippen LogP contribution in [0.4, 0.5) is 9.59 Å². The van der Waals surface area contributed by atoms with Crippen LogP contribution in [0.15, 0.2) is 60.7 Å². The minimum Gasteiger partial charge on any atom is -0.459 e. The molecule has 2 aromatic rings. The van der Waals surface area contributed by atoms with E-state index in [-0.39, 0.29) is 25.8 Å². The summed E-state index contributed by atoms with van der Waals surface area (Å²) in [6.45, 7) is 0.0192. The predicted molar refractivity (Wildman–Crippen MR) is 123 cm³/mol. The van der Waals surface area contributed by atoms with Gasteiger partial charge in [-0.15, -0.1) is 0 Å². The van der Waals surface area contributed by atoms with Gasteiger partial charge in [-0.3, -0.25) is 9.36 Å². The van der Waals surface area contributed by atoms with Gasteiger partial charge < -0.3 is 19.3 Å². The standard InChI is InChI=1S/C21H23INO7P/c1-28-31(27,20(22)25)13-12-18(19(24)29-14-16-8-4-2-5-9-16)23-21(26)30-15-17-10-6-3-7-11-17/h2-11,18H,12-15H2,1H3,(H,23,26)/t18-,31?/m0/s1. The summed E-state index contributed by atoms with van der Waals surface area (Å²) in [4.78, 5) is 36.5. The molecule has 1 amide bonds. The van der Waals surface area contributed by atoms with Crippen LogP contribution in [0.25, 0.3) is 0 Å². The van der Waals surface area contributed by atoms with Crippen molar-refractivity contribution in [3.63, 3.8) is 0 Å². The molecule has 1 N–H and O–H groups in total. The summed E-state index contributed by atoms with van der Waals surface area (Å²) in [5.41, 5.74) is 1.55. The highest BCUT2D eigenvalue weighted by molar-refractivity contribution is 14.1. The molecule has 2 rings (SSSR count). The minimum atomic E-state index is -3.60. The van der Waals surface area contributed by atoms with Crippen LogP contribution in [0.2, 0.25) is 0 Å². The Morgan fingerprint density at radius 1 is 0.935 bits per heavy atom. The average Bonchev–Trinajstić information content (AvgIpc) is 2.79. The maximum absolute atomic E-state index is 12.6. The molecule has 0 heterocycles. The molecular weight excluding hydrogens is 536 g/mol. The first-order chi connectivity index (χ1) is 14.8. The molecule has 0 aliphatic rings. The van der Waals surface area contributed by atoms with Gasteiger partial charge in [-0.05, 0) is 17.5 Å². The van der Waals surface area contributed by atoms with E-state index in [9.17, 15) is 18.9 Å². The highest BCUT2D eigenvalue weighted by atomic mass is 127. The number of ether oxygens (including phenoxy) is 2. The average molecular weight is 559 g/mol. The van der Waals surface area contributed by atoms with E-state index in [0.717, 1.165) is 11.1 Å². The lowest BCUT2D eigenvalue weighted by atomic mass is 10.2. The van der Waals surface area contributed by atoms with Crippen LogP contribution < -0.4 is 5.32 Å². The van der Waals surface area contributed by atoms with Gasteiger partial charge in [0.15, 0.2) is 0 Å². The number of halogens is 1.